The minimum Gasteiger partial charge on any atom is -0.366 e. The Hall–Kier alpha value is -2.49. The molecule has 1 heterocycles. The summed E-state index contributed by atoms with van der Waals surface area (Å²) in [5, 5.41) is 0. The summed E-state index contributed by atoms with van der Waals surface area (Å²) < 4.78 is 0. The van der Waals surface area contributed by atoms with Gasteiger partial charge in [-0.2, -0.15) is 0 Å². The number of rotatable bonds is 3. The Morgan fingerprint density at radius 2 is 1.82 bits per heavy atom. The van der Waals surface area contributed by atoms with Gasteiger partial charge in [-0.05, 0) is 11.6 Å². The molecule has 0 saturated carbocycles. The summed E-state index contributed by atoms with van der Waals surface area (Å²) in [6.07, 6.45) is 3.84. The molecule has 4 heteroatoms. The number of carbonyl (C=O) groups excluding carboxylic acids is 2. The summed E-state index contributed by atoms with van der Waals surface area (Å²) in [4.78, 5) is 25.5. The highest BCUT2D eigenvalue weighted by Crippen LogP contribution is 2.19. The van der Waals surface area contributed by atoms with E-state index in [0.29, 0.717) is 11.1 Å². The fourth-order valence-electron chi connectivity index (χ4n) is 1.49. The van der Waals surface area contributed by atoms with E-state index in [9.17, 15) is 9.59 Å². The van der Waals surface area contributed by atoms with E-state index in [1.54, 1.807) is 36.5 Å². The van der Waals surface area contributed by atoms with Crippen molar-refractivity contribution in [3.8, 4) is 11.1 Å². The number of hydrogen-bond acceptors (Lipinski definition) is 3. The molecule has 0 aliphatic carbocycles. The molecule has 0 spiro atoms. The minimum atomic E-state index is -0.510. The molecule has 2 aromatic rings. The fraction of sp³-hybridized carbons (Fsp3) is 0. The van der Waals surface area contributed by atoms with Crippen molar-refractivity contribution < 1.29 is 9.59 Å². The van der Waals surface area contributed by atoms with Crippen LogP contribution < -0.4 is 5.73 Å². The molecule has 0 radical (unpaired) electrons. The van der Waals surface area contributed by atoms with Crippen LogP contribution in [0.25, 0.3) is 11.1 Å². The molecule has 1 aromatic carbocycles. The van der Waals surface area contributed by atoms with Gasteiger partial charge in [0.1, 0.15) is 6.29 Å². The van der Waals surface area contributed by atoms with Crippen LogP contribution in [0.5, 0.6) is 0 Å². The first-order valence-corrected chi connectivity index (χ1v) is 5.01. The SMILES string of the molecule is NC(=O)c1cncc(-c2ccc(C=O)cc2)c1. The maximum absolute atomic E-state index is 11.0. The van der Waals surface area contributed by atoms with Crippen molar-refractivity contribution >= 4 is 12.2 Å². The predicted octanol–water partition coefficient (Wildman–Crippen LogP) is 1.66. The summed E-state index contributed by atoms with van der Waals surface area (Å²) in [6, 6.07) is 8.68. The molecular formula is C13H10N2O2. The lowest BCUT2D eigenvalue weighted by Gasteiger charge is -2.02. The van der Waals surface area contributed by atoms with Gasteiger partial charge in [0.2, 0.25) is 5.91 Å². The third-order valence-corrected chi connectivity index (χ3v) is 2.40. The van der Waals surface area contributed by atoms with Gasteiger partial charge in [0.05, 0.1) is 5.56 Å². The van der Waals surface area contributed by atoms with Gasteiger partial charge in [-0.1, -0.05) is 24.3 Å². The molecule has 0 atom stereocenters. The minimum absolute atomic E-state index is 0.363. The van der Waals surface area contributed by atoms with Crippen LogP contribution in [0.3, 0.4) is 0 Å². The highest BCUT2D eigenvalue weighted by atomic mass is 16.1. The topological polar surface area (TPSA) is 73.1 Å². The smallest absolute Gasteiger partial charge is 0.250 e. The average Bonchev–Trinajstić information content (AvgIpc) is 2.39. The van der Waals surface area contributed by atoms with Crippen molar-refractivity contribution in [3.63, 3.8) is 0 Å². The average molecular weight is 226 g/mol. The molecule has 84 valence electrons. The number of aromatic nitrogens is 1. The van der Waals surface area contributed by atoms with Gasteiger partial charge < -0.3 is 5.73 Å². The molecule has 4 nitrogen and oxygen atoms in total. The normalized spacial score (nSPS) is 9.88. The summed E-state index contributed by atoms with van der Waals surface area (Å²) in [7, 11) is 0. The molecule has 0 unspecified atom stereocenters. The zero-order valence-corrected chi connectivity index (χ0v) is 8.96. The van der Waals surface area contributed by atoms with Crippen LogP contribution >= 0.6 is 0 Å². The van der Waals surface area contributed by atoms with Crippen molar-refractivity contribution in [2.75, 3.05) is 0 Å². The Balaban J connectivity index is 2.41. The van der Waals surface area contributed by atoms with Gasteiger partial charge in [0, 0.05) is 23.5 Å². The van der Waals surface area contributed by atoms with E-state index in [1.807, 2.05) is 0 Å². The van der Waals surface area contributed by atoms with Crippen LogP contribution in [-0.4, -0.2) is 17.2 Å². The van der Waals surface area contributed by atoms with Crippen molar-refractivity contribution in [1.82, 2.24) is 4.98 Å². The third kappa shape index (κ3) is 2.36. The molecule has 0 aliphatic heterocycles. The molecule has 2 rings (SSSR count). The maximum Gasteiger partial charge on any atom is 0.250 e. The molecule has 0 saturated heterocycles. The first-order chi connectivity index (χ1) is 8.20. The van der Waals surface area contributed by atoms with Gasteiger partial charge >= 0.3 is 0 Å². The quantitative estimate of drug-likeness (QED) is 0.809. The van der Waals surface area contributed by atoms with Crippen LogP contribution in [0.4, 0.5) is 0 Å². The second kappa shape index (κ2) is 4.57. The number of carbonyl (C=O) groups is 2. The van der Waals surface area contributed by atoms with Gasteiger partial charge in [-0.25, -0.2) is 0 Å². The maximum atomic E-state index is 11.0. The van der Waals surface area contributed by atoms with E-state index in [0.717, 1.165) is 17.4 Å². The van der Waals surface area contributed by atoms with E-state index in [-0.39, 0.29) is 0 Å². The molecule has 1 amide bonds. The Morgan fingerprint density at radius 1 is 1.12 bits per heavy atom. The first-order valence-electron chi connectivity index (χ1n) is 5.01. The number of nitrogens with zero attached hydrogens (tertiary/aromatic N) is 1. The second-order valence-electron chi connectivity index (χ2n) is 3.57. The van der Waals surface area contributed by atoms with Gasteiger partial charge in [0.25, 0.3) is 0 Å². The zero-order valence-electron chi connectivity index (χ0n) is 8.96. The molecule has 0 bridgehead atoms. The second-order valence-corrected chi connectivity index (χ2v) is 3.57. The van der Waals surface area contributed by atoms with E-state index >= 15 is 0 Å². The Morgan fingerprint density at radius 3 is 2.41 bits per heavy atom. The van der Waals surface area contributed by atoms with Crippen LogP contribution in [0.15, 0.2) is 42.7 Å². The number of pyridine rings is 1. The van der Waals surface area contributed by atoms with Crippen molar-refractivity contribution in [2.24, 2.45) is 5.73 Å². The van der Waals surface area contributed by atoms with E-state index in [2.05, 4.69) is 4.98 Å². The number of nitrogens with two attached hydrogens (primary N) is 1. The Labute approximate surface area is 98.1 Å². The predicted molar refractivity (Wildman–Crippen MR) is 63.6 cm³/mol. The van der Waals surface area contributed by atoms with E-state index in [1.165, 1.54) is 6.20 Å². The van der Waals surface area contributed by atoms with Crippen LogP contribution in [0, 0.1) is 0 Å². The number of benzene rings is 1. The van der Waals surface area contributed by atoms with Crippen LogP contribution in [0.1, 0.15) is 20.7 Å². The van der Waals surface area contributed by atoms with Crippen molar-refractivity contribution in [2.45, 2.75) is 0 Å². The Bertz CT molecular complexity index is 562. The molecule has 2 N–H and O–H groups in total. The lowest BCUT2D eigenvalue weighted by atomic mass is 10.0. The van der Waals surface area contributed by atoms with Crippen LogP contribution in [-0.2, 0) is 0 Å². The summed E-state index contributed by atoms with van der Waals surface area (Å²) in [5.74, 6) is -0.510. The third-order valence-electron chi connectivity index (χ3n) is 2.40. The van der Waals surface area contributed by atoms with Gasteiger partial charge in [-0.3, -0.25) is 14.6 Å². The molecule has 1 aromatic heterocycles. The number of hydrogen-bond donors (Lipinski definition) is 1. The molecular weight excluding hydrogens is 216 g/mol. The molecule has 17 heavy (non-hydrogen) atoms. The molecule has 0 fully saturated rings. The highest BCUT2D eigenvalue weighted by molar-refractivity contribution is 5.93. The monoisotopic (exact) mass is 226 g/mol. The number of aldehydes is 1. The lowest BCUT2D eigenvalue weighted by Crippen LogP contribution is -2.11. The van der Waals surface area contributed by atoms with Gasteiger partial charge in [0.15, 0.2) is 0 Å². The van der Waals surface area contributed by atoms with E-state index in [4.69, 9.17) is 5.73 Å². The highest BCUT2D eigenvalue weighted by Gasteiger charge is 2.04. The first kappa shape index (κ1) is 11.0. The largest absolute Gasteiger partial charge is 0.366 e. The summed E-state index contributed by atoms with van der Waals surface area (Å²) in [5.41, 5.74) is 7.82. The lowest BCUT2D eigenvalue weighted by molar-refractivity contribution is 0.0999. The zero-order chi connectivity index (χ0) is 12.3. The van der Waals surface area contributed by atoms with E-state index < -0.39 is 5.91 Å². The van der Waals surface area contributed by atoms with Gasteiger partial charge in [-0.15, -0.1) is 0 Å². The Kier molecular flexibility index (Phi) is 2.96. The molecule has 0 aliphatic rings. The number of amides is 1. The summed E-state index contributed by atoms with van der Waals surface area (Å²) in [6.45, 7) is 0. The van der Waals surface area contributed by atoms with Crippen molar-refractivity contribution in [1.29, 1.82) is 0 Å². The van der Waals surface area contributed by atoms with Crippen molar-refractivity contribution in [3.05, 3.63) is 53.9 Å². The fourth-order valence-corrected chi connectivity index (χ4v) is 1.49. The summed E-state index contributed by atoms with van der Waals surface area (Å²) >= 11 is 0. The standard InChI is InChI=1S/C13H10N2O2/c14-13(17)12-5-11(6-15-7-12)10-3-1-9(8-16)2-4-10/h1-8H,(H2,14,17). The van der Waals surface area contributed by atoms with Crippen LogP contribution in [0.2, 0.25) is 0 Å². The number of primary amides is 1.